The third kappa shape index (κ3) is 2.58. The predicted octanol–water partition coefficient (Wildman–Crippen LogP) is 1.03. The van der Waals surface area contributed by atoms with Gasteiger partial charge in [0.15, 0.2) is 0 Å². The molecular weight excluding hydrogens is 214 g/mol. The van der Waals surface area contributed by atoms with Gasteiger partial charge < -0.3 is 16.0 Å². The molecule has 1 aromatic carbocycles. The Morgan fingerprint density at radius 3 is 3.06 bits per heavy atom. The third-order valence-electron chi connectivity index (χ3n) is 3.27. The van der Waals surface area contributed by atoms with Crippen molar-refractivity contribution in [3.05, 3.63) is 29.8 Å². The summed E-state index contributed by atoms with van der Waals surface area (Å²) in [7, 11) is 1.67. The van der Waals surface area contributed by atoms with E-state index < -0.39 is 0 Å². The van der Waals surface area contributed by atoms with Crippen LogP contribution < -0.4 is 16.0 Å². The zero-order valence-electron chi connectivity index (χ0n) is 10.1. The minimum Gasteiger partial charge on any atom is -0.371 e. The number of hydrogen-bond donors (Lipinski definition) is 2. The Hall–Kier alpha value is -1.55. The average Bonchev–Trinajstić information content (AvgIpc) is 2.38. The van der Waals surface area contributed by atoms with Gasteiger partial charge in [0.2, 0.25) is 5.91 Å². The summed E-state index contributed by atoms with van der Waals surface area (Å²) in [4.78, 5) is 13.5. The number of fused-ring (bicyclic) bond motifs is 1. The molecule has 0 saturated heterocycles. The molecule has 0 aliphatic carbocycles. The first-order valence-corrected chi connectivity index (χ1v) is 6.02. The summed E-state index contributed by atoms with van der Waals surface area (Å²) in [6.45, 7) is 1.68. The SMILES string of the molecule is CNC(=O)CCN1CCC(N)c2ccccc21. The van der Waals surface area contributed by atoms with E-state index in [-0.39, 0.29) is 11.9 Å². The summed E-state index contributed by atoms with van der Waals surface area (Å²) in [5, 5.41) is 2.65. The van der Waals surface area contributed by atoms with E-state index in [1.54, 1.807) is 7.05 Å². The van der Waals surface area contributed by atoms with Gasteiger partial charge in [-0.15, -0.1) is 0 Å². The van der Waals surface area contributed by atoms with Crippen molar-refractivity contribution in [3.8, 4) is 0 Å². The van der Waals surface area contributed by atoms with Crippen LogP contribution in [-0.4, -0.2) is 26.0 Å². The maximum absolute atomic E-state index is 11.3. The fraction of sp³-hybridized carbons (Fsp3) is 0.462. The van der Waals surface area contributed by atoms with E-state index in [1.807, 2.05) is 12.1 Å². The van der Waals surface area contributed by atoms with Crippen molar-refractivity contribution in [1.29, 1.82) is 0 Å². The van der Waals surface area contributed by atoms with E-state index in [2.05, 4.69) is 22.3 Å². The molecular formula is C13H19N3O. The van der Waals surface area contributed by atoms with E-state index in [1.165, 1.54) is 11.3 Å². The van der Waals surface area contributed by atoms with Gasteiger partial charge in [0.1, 0.15) is 0 Å². The first-order chi connectivity index (χ1) is 8.22. The normalized spacial score (nSPS) is 18.7. The lowest BCUT2D eigenvalue weighted by atomic mass is 9.97. The van der Waals surface area contributed by atoms with E-state index in [9.17, 15) is 4.79 Å². The fourth-order valence-corrected chi connectivity index (χ4v) is 2.25. The number of para-hydroxylation sites is 1. The molecule has 0 radical (unpaired) electrons. The highest BCUT2D eigenvalue weighted by molar-refractivity contribution is 5.76. The molecule has 1 heterocycles. The maximum atomic E-state index is 11.3. The molecule has 0 fully saturated rings. The molecule has 17 heavy (non-hydrogen) atoms. The zero-order valence-corrected chi connectivity index (χ0v) is 10.1. The minimum atomic E-state index is 0.0809. The molecule has 4 heteroatoms. The number of carbonyl (C=O) groups excluding carboxylic acids is 1. The van der Waals surface area contributed by atoms with Gasteiger partial charge in [-0.25, -0.2) is 0 Å². The van der Waals surface area contributed by atoms with E-state index in [4.69, 9.17) is 5.73 Å². The molecule has 1 atom stereocenters. The van der Waals surface area contributed by atoms with Crippen LogP contribution in [0.15, 0.2) is 24.3 Å². The molecule has 92 valence electrons. The van der Waals surface area contributed by atoms with Gasteiger partial charge in [0.25, 0.3) is 0 Å². The monoisotopic (exact) mass is 233 g/mol. The van der Waals surface area contributed by atoms with Crippen molar-refractivity contribution in [2.75, 3.05) is 25.0 Å². The second-order valence-corrected chi connectivity index (χ2v) is 4.36. The van der Waals surface area contributed by atoms with Crippen molar-refractivity contribution in [3.63, 3.8) is 0 Å². The van der Waals surface area contributed by atoms with Crippen molar-refractivity contribution >= 4 is 11.6 Å². The fourth-order valence-electron chi connectivity index (χ4n) is 2.25. The van der Waals surface area contributed by atoms with Gasteiger partial charge in [0, 0.05) is 38.3 Å². The lowest BCUT2D eigenvalue weighted by Crippen LogP contribution is -2.36. The van der Waals surface area contributed by atoms with Gasteiger partial charge in [-0.05, 0) is 18.1 Å². The summed E-state index contributed by atoms with van der Waals surface area (Å²) in [6, 6.07) is 8.32. The Morgan fingerprint density at radius 2 is 2.29 bits per heavy atom. The molecule has 3 N–H and O–H groups in total. The Bertz CT molecular complexity index is 405. The number of carbonyl (C=O) groups is 1. The first kappa shape index (κ1) is 11.9. The third-order valence-corrected chi connectivity index (χ3v) is 3.27. The molecule has 0 bridgehead atoms. The van der Waals surface area contributed by atoms with Crippen molar-refractivity contribution < 1.29 is 4.79 Å². The molecule has 0 saturated carbocycles. The second-order valence-electron chi connectivity index (χ2n) is 4.36. The van der Waals surface area contributed by atoms with Crippen LogP contribution >= 0.6 is 0 Å². The van der Waals surface area contributed by atoms with E-state index in [0.29, 0.717) is 6.42 Å². The highest BCUT2D eigenvalue weighted by Gasteiger charge is 2.21. The predicted molar refractivity (Wildman–Crippen MR) is 68.9 cm³/mol. The van der Waals surface area contributed by atoms with Crippen LogP contribution in [0.2, 0.25) is 0 Å². The summed E-state index contributed by atoms with van der Waals surface area (Å²) in [5.74, 6) is 0.0809. The number of benzene rings is 1. The van der Waals surface area contributed by atoms with Crippen LogP contribution in [0.3, 0.4) is 0 Å². The highest BCUT2D eigenvalue weighted by atomic mass is 16.1. The van der Waals surface area contributed by atoms with Crippen molar-refractivity contribution in [2.24, 2.45) is 5.73 Å². The second kappa shape index (κ2) is 5.19. The average molecular weight is 233 g/mol. The van der Waals surface area contributed by atoms with Crippen LogP contribution in [0.1, 0.15) is 24.4 Å². The number of hydrogen-bond acceptors (Lipinski definition) is 3. The van der Waals surface area contributed by atoms with Crippen LogP contribution in [0, 0.1) is 0 Å². The minimum absolute atomic E-state index is 0.0809. The summed E-state index contributed by atoms with van der Waals surface area (Å²) in [6.07, 6.45) is 1.48. The molecule has 0 spiro atoms. The first-order valence-electron chi connectivity index (χ1n) is 6.02. The molecule has 4 nitrogen and oxygen atoms in total. The van der Waals surface area contributed by atoms with Gasteiger partial charge in [-0.1, -0.05) is 18.2 Å². The number of nitrogens with zero attached hydrogens (tertiary/aromatic N) is 1. The summed E-state index contributed by atoms with van der Waals surface area (Å²) < 4.78 is 0. The van der Waals surface area contributed by atoms with Gasteiger partial charge in [0.05, 0.1) is 0 Å². The highest BCUT2D eigenvalue weighted by Crippen LogP contribution is 2.31. The molecule has 2 rings (SSSR count). The smallest absolute Gasteiger partial charge is 0.221 e. The summed E-state index contributed by atoms with van der Waals surface area (Å²) in [5.41, 5.74) is 8.45. The molecule has 1 aromatic rings. The maximum Gasteiger partial charge on any atom is 0.221 e. The van der Waals surface area contributed by atoms with Crippen molar-refractivity contribution in [1.82, 2.24) is 5.32 Å². The summed E-state index contributed by atoms with van der Waals surface area (Å²) >= 11 is 0. The van der Waals surface area contributed by atoms with E-state index >= 15 is 0 Å². The van der Waals surface area contributed by atoms with Gasteiger partial charge in [-0.3, -0.25) is 4.79 Å². The van der Waals surface area contributed by atoms with Crippen LogP contribution in [-0.2, 0) is 4.79 Å². The van der Waals surface area contributed by atoms with E-state index in [0.717, 1.165) is 19.5 Å². The molecule has 1 aliphatic heterocycles. The standard InChI is InChI=1S/C13H19N3O/c1-15-13(17)7-9-16-8-6-11(14)10-4-2-3-5-12(10)16/h2-5,11H,6-9,14H2,1H3,(H,15,17). The Labute approximate surface area is 102 Å². The number of anilines is 1. The topological polar surface area (TPSA) is 58.4 Å². The quantitative estimate of drug-likeness (QED) is 0.820. The largest absolute Gasteiger partial charge is 0.371 e. The van der Waals surface area contributed by atoms with Crippen LogP contribution in [0.4, 0.5) is 5.69 Å². The molecule has 1 amide bonds. The number of nitrogens with two attached hydrogens (primary N) is 1. The Balaban J connectivity index is 2.10. The lowest BCUT2D eigenvalue weighted by Gasteiger charge is -2.34. The number of rotatable bonds is 3. The molecule has 1 unspecified atom stereocenters. The zero-order chi connectivity index (χ0) is 12.3. The van der Waals surface area contributed by atoms with Gasteiger partial charge >= 0.3 is 0 Å². The van der Waals surface area contributed by atoms with Crippen LogP contribution in [0.5, 0.6) is 0 Å². The molecule has 1 aliphatic rings. The Kier molecular flexibility index (Phi) is 3.64. The lowest BCUT2D eigenvalue weighted by molar-refractivity contribution is -0.120. The van der Waals surface area contributed by atoms with Gasteiger partial charge in [-0.2, -0.15) is 0 Å². The molecule has 0 aromatic heterocycles. The number of amides is 1. The Morgan fingerprint density at radius 1 is 1.53 bits per heavy atom. The number of nitrogens with one attached hydrogen (secondary N) is 1. The van der Waals surface area contributed by atoms with Crippen molar-refractivity contribution in [2.45, 2.75) is 18.9 Å². The van der Waals surface area contributed by atoms with Crippen LogP contribution in [0.25, 0.3) is 0 Å².